The fraction of sp³-hybridized carbons (Fsp3) is 0.517. The van der Waals surface area contributed by atoms with E-state index in [-0.39, 0.29) is 11.5 Å². The monoisotopic (exact) mass is 454 g/mol. The van der Waals surface area contributed by atoms with E-state index in [2.05, 4.69) is 30.8 Å². The Morgan fingerprint density at radius 3 is 2.24 bits per heavy atom. The van der Waals surface area contributed by atoms with Crippen molar-refractivity contribution in [3.05, 3.63) is 71.8 Å². The molecule has 4 atom stereocenters. The average Bonchev–Trinajstić information content (AvgIpc) is 2.85. The lowest BCUT2D eigenvalue weighted by molar-refractivity contribution is 0.0901. The topological polar surface area (TPSA) is 18.5 Å². The van der Waals surface area contributed by atoms with Gasteiger partial charge in [-0.25, -0.2) is 0 Å². The lowest BCUT2D eigenvalue weighted by atomic mass is 9.64. The summed E-state index contributed by atoms with van der Waals surface area (Å²) >= 11 is 0. The minimum absolute atomic E-state index is 0.0154. The summed E-state index contributed by atoms with van der Waals surface area (Å²) in [4.78, 5) is 0. The molecule has 2 aromatic rings. The molecule has 2 fully saturated rings. The predicted octanol–water partition coefficient (Wildman–Crippen LogP) is 7.86. The number of allylic oxidation sites excluding steroid dienone is 1. The van der Waals surface area contributed by atoms with Crippen molar-refractivity contribution in [2.45, 2.75) is 64.2 Å². The van der Waals surface area contributed by atoms with Crippen molar-refractivity contribution in [2.75, 3.05) is 13.2 Å². The molecule has 4 rings (SSSR count). The molecule has 0 saturated heterocycles. The molecule has 33 heavy (non-hydrogen) atoms. The standard InChI is InChI=1S/C29H36F2O2/c1-3-5-6-20-7-10-22(11-8-20)24-14-13-23-17-21(9-12-25(23)18-24)19-33-27-16-15-26(32-4-2)28(30)29(27)31/h3,7-8,10-11,15-16,21,23-25H,1,4-6,9,12-14,17-19H2,2H3. The Morgan fingerprint density at radius 2 is 1.55 bits per heavy atom. The smallest absolute Gasteiger partial charge is 0.204 e. The van der Waals surface area contributed by atoms with Gasteiger partial charge in [0.2, 0.25) is 11.6 Å². The Labute approximate surface area is 197 Å². The Kier molecular flexibility index (Phi) is 8.06. The van der Waals surface area contributed by atoms with Gasteiger partial charge < -0.3 is 9.47 Å². The molecule has 2 aliphatic rings. The Morgan fingerprint density at radius 1 is 0.879 bits per heavy atom. The van der Waals surface area contributed by atoms with E-state index in [0.717, 1.165) is 37.5 Å². The second-order valence-corrected chi connectivity index (χ2v) is 9.71. The molecule has 2 saturated carbocycles. The van der Waals surface area contributed by atoms with Crippen LogP contribution in [0, 0.1) is 29.4 Å². The number of fused-ring (bicyclic) bond motifs is 1. The first-order valence-corrected chi connectivity index (χ1v) is 12.5. The van der Waals surface area contributed by atoms with Gasteiger partial charge in [-0.3, -0.25) is 0 Å². The molecule has 0 heterocycles. The van der Waals surface area contributed by atoms with Gasteiger partial charge in [0, 0.05) is 0 Å². The van der Waals surface area contributed by atoms with Crippen LogP contribution in [0.1, 0.15) is 68.9 Å². The van der Waals surface area contributed by atoms with E-state index in [4.69, 9.17) is 9.47 Å². The van der Waals surface area contributed by atoms with E-state index in [1.54, 1.807) is 6.92 Å². The number of ether oxygens (including phenoxy) is 2. The number of hydrogen-bond donors (Lipinski definition) is 0. The normalized spacial score (nSPS) is 24.7. The van der Waals surface area contributed by atoms with Crippen molar-refractivity contribution in [3.8, 4) is 11.5 Å². The average molecular weight is 455 g/mol. The van der Waals surface area contributed by atoms with Crippen LogP contribution in [0.4, 0.5) is 8.78 Å². The highest BCUT2D eigenvalue weighted by Gasteiger charge is 2.36. The highest BCUT2D eigenvalue weighted by molar-refractivity contribution is 5.35. The molecule has 0 bridgehead atoms. The number of halogens is 2. The van der Waals surface area contributed by atoms with Crippen molar-refractivity contribution in [1.82, 2.24) is 0 Å². The van der Waals surface area contributed by atoms with Gasteiger partial charge in [0.1, 0.15) is 0 Å². The molecule has 178 valence electrons. The maximum Gasteiger partial charge on any atom is 0.204 e. The van der Waals surface area contributed by atoms with Crippen LogP contribution >= 0.6 is 0 Å². The zero-order valence-electron chi connectivity index (χ0n) is 19.7. The molecule has 0 aliphatic heterocycles. The third-order valence-electron chi connectivity index (χ3n) is 7.60. The van der Waals surface area contributed by atoms with Crippen molar-refractivity contribution in [2.24, 2.45) is 17.8 Å². The van der Waals surface area contributed by atoms with Crippen molar-refractivity contribution >= 4 is 0 Å². The second-order valence-electron chi connectivity index (χ2n) is 9.71. The molecule has 0 aromatic heterocycles. The van der Waals surface area contributed by atoms with E-state index in [9.17, 15) is 8.78 Å². The summed E-state index contributed by atoms with van der Waals surface area (Å²) in [6.07, 6.45) is 11.2. The van der Waals surface area contributed by atoms with Crippen LogP contribution in [-0.4, -0.2) is 13.2 Å². The lowest BCUT2D eigenvalue weighted by Crippen LogP contribution is -2.32. The van der Waals surface area contributed by atoms with E-state index in [1.807, 2.05) is 6.08 Å². The van der Waals surface area contributed by atoms with Crippen molar-refractivity contribution in [1.29, 1.82) is 0 Å². The molecule has 0 N–H and O–H groups in total. The predicted molar refractivity (Wildman–Crippen MR) is 129 cm³/mol. The van der Waals surface area contributed by atoms with Gasteiger partial charge in [-0.2, -0.15) is 8.78 Å². The van der Waals surface area contributed by atoms with Gasteiger partial charge in [-0.15, -0.1) is 6.58 Å². The number of aryl methyl sites for hydroxylation is 1. The van der Waals surface area contributed by atoms with Gasteiger partial charge in [-0.1, -0.05) is 30.3 Å². The van der Waals surface area contributed by atoms with Crippen molar-refractivity contribution in [3.63, 3.8) is 0 Å². The van der Waals surface area contributed by atoms with Crippen LogP contribution in [0.2, 0.25) is 0 Å². The summed E-state index contributed by atoms with van der Waals surface area (Å²) in [6.45, 7) is 6.29. The first-order chi connectivity index (χ1) is 16.1. The summed E-state index contributed by atoms with van der Waals surface area (Å²) in [5, 5.41) is 0. The summed E-state index contributed by atoms with van der Waals surface area (Å²) < 4.78 is 39.3. The zero-order valence-corrected chi connectivity index (χ0v) is 19.7. The quantitative estimate of drug-likeness (QED) is 0.359. The summed E-state index contributed by atoms with van der Waals surface area (Å²) in [7, 11) is 0. The highest BCUT2D eigenvalue weighted by atomic mass is 19.2. The second kappa shape index (κ2) is 11.2. The first-order valence-electron chi connectivity index (χ1n) is 12.5. The summed E-state index contributed by atoms with van der Waals surface area (Å²) in [6, 6.07) is 12.1. The van der Waals surface area contributed by atoms with Crippen molar-refractivity contribution < 1.29 is 18.3 Å². The molecule has 2 aliphatic carbocycles. The molecule has 0 radical (unpaired) electrons. The largest absolute Gasteiger partial charge is 0.491 e. The first kappa shape index (κ1) is 23.8. The third-order valence-corrected chi connectivity index (χ3v) is 7.60. The van der Waals surface area contributed by atoms with Gasteiger partial charge in [0.25, 0.3) is 0 Å². The fourth-order valence-electron chi connectivity index (χ4n) is 5.77. The Hall–Kier alpha value is -2.36. The SMILES string of the molecule is C=CCCc1ccc(C2CCC3CC(COc4ccc(OCC)c(F)c4F)CCC3C2)cc1. The third kappa shape index (κ3) is 5.77. The minimum Gasteiger partial charge on any atom is -0.491 e. The maximum atomic E-state index is 14.3. The Bertz CT molecular complexity index is 924. The van der Waals surface area contributed by atoms with Gasteiger partial charge in [0.15, 0.2) is 11.5 Å². The van der Waals surface area contributed by atoms with Crippen LogP contribution in [0.15, 0.2) is 49.1 Å². The molecule has 2 aromatic carbocycles. The van der Waals surface area contributed by atoms with Crippen LogP contribution < -0.4 is 9.47 Å². The number of hydrogen-bond acceptors (Lipinski definition) is 2. The van der Waals surface area contributed by atoms with E-state index < -0.39 is 11.6 Å². The molecule has 0 amide bonds. The molecular weight excluding hydrogens is 418 g/mol. The maximum absolute atomic E-state index is 14.3. The van der Waals surface area contributed by atoms with Gasteiger partial charge in [-0.05, 0) is 105 Å². The van der Waals surface area contributed by atoms with Gasteiger partial charge >= 0.3 is 0 Å². The van der Waals surface area contributed by atoms with Gasteiger partial charge in [0.05, 0.1) is 13.2 Å². The summed E-state index contributed by atoms with van der Waals surface area (Å²) in [5.74, 6) is 0.548. The molecule has 2 nitrogen and oxygen atoms in total. The lowest BCUT2D eigenvalue weighted by Gasteiger charge is -2.42. The summed E-state index contributed by atoms with van der Waals surface area (Å²) in [5.41, 5.74) is 2.87. The molecule has 0 spiro atoms. The van der Waals surface area contributed by atoms with Crippen LogP contribution in [0.25, 0.3) is 0 Å². The van der Waals surface area contributed by atoms with Crippen LogP contribution in [0.5, 0.6) is 11.5 Å². The highest BCUT2D eigenvalue weighted by Crippen LogP contribution is 2.47. The van der Waals surface area contributed by atoms with Crippen LogP contribution in [-0.2, 0) is 6.42 Å². The Balaban J connectivity index is 1.28. The number of benzene rings is 2. The molecule has 4 unspecified atom stereocenters. The minimum atomic E-state index is -0.967. The van der Waals surface area contributed by atoms with E-state index in [1.165, 1.54) is 48.9 Å². The zero-order chi connectivity index (χ0) is 23.2. The fourth-order valence-corrected chi connectivity index (χ4v) is 5.77. The molecular formula is C29H36F2O2. The van der Waals surface area contributed by atoms with E-state index >= 15 is 0 Å². The van der Waals surface area contributed by atoms with E-state index in [0.29, 0.717) is 25.0 Å². The molecule has 4 heteroatoms. The van der Waals surface area contributed by atoms with Crippen LogP contribution in [0.3, 0.4) is 0 Å². The number of rotatable bonds is 9.